The van der Waals surface area contributed by atoms with Gasteiger partial charge < -0.3 is 59.5 Å². The lowest BCUT2D eigenvalue weighted by Crippen LogP contribution is -2.58. The van der Waals surface area contributed by atoms with E-state index in [1.165, 1.54) is 12.1 Å². The van der Waals surface area contributed by atoms with Crippen LogP contribution in [0.1, 0.15) is 30.4 Å². The molecule has 2 aromatic carbocycles. The molecule has 0 heterocycles. The number of hydrogen-bond donors (Lipinski definition) is 11. The monoisotopic (exact) mass is 644 g/mol. The van der Waals surface area contributed by atoms with E-state index in [1.54, 1.807) is 31.2 Å². The zero-order valence-electron chi connectivity index (χ0n) is 25.6. The van der Waals surface area contributed by atoms with Crippen molar-refractivity contribution < 1.29 is 39.3 Å². The lowest BCUT2D eigenvalue weighted by Gasteiger charge is -2.25. The second kappa shape index (κ2) is 18.3. The maximum atomic E-state index is 13.6. The Balaban J connectivity index is 2.42. The molecule has 0 fully saturated rings. The fraction of sp³-hybridized carbons (Fsp3) is 0.433. The largest absolute Gasteiger partial charge is 0.508 e. The number of primary amides is 1. The number of aliphatic hydroxyl groups is 1. The van der Waals surface area contributed by atoms with E-state index in [1.807, 2.05) is 0 Å². The first-order valence-electron chi connectivity index (χ1n) is 14.7. The quantitative estimate of drug-likeness (QED) is 0.0781. The molecule has 15 N–H and O–H groups in total. The summed E-state index contributed by atoms with van der Waals surface area (Å²) in [4.78, 5) is 63.5. The van der Waals surface area contributed by atoms with Gasteiger partial charge in [-0.1, -0.05) is 12.1 Å². The van der Waals surface area contributed by atoms with Crippen molar-refractivity contribution in [3.05, 3.63) is 47.5 Å². The molecule has 0 spiro atoms. The highest BCUT2D eigenvalue weighted by Crippen LogP contribution is 2.29. The normalized spacial score (nSPS) is 13.5. The molecule has 252 valence electrons. The van der Waals surface area contributed by atoms with Crippen LogP contribution in [0.5, 0.6) is 11.5 Å². The summed E-state index contributed by atoms with van der Waals surface area (Å²) >= 11 is 0. The van der Waals surface area contributed by atoms with Crippen molar-refractivity contribution in [3.63, 3.8) is 0 Å². The second-order valence-corrected chi connectivity index (χ2v) is 10.7. The van der Waals surface area contributed by atoms with Crippen LogP contribution in [0.4, 0.5) is 0 Å². The molecule has 16 heteroatoms. The van der Waals surface area contributed by atoms with Gasteiger partial charge in [-0.2, -0.15) is 0 Å². The maximum absolute atomic E-state index is 13.6. The highest BCUT2D eigenvalue weighted by Gasteiger charge is 2.31. The van der Waals surface area contributed by atoms with Gasteiger partial charge >= 0.3 is 0 Å². The highest BCUT2D eigenvalue weighted by molar-refractivity contribution is 5.95. The van der Waals surface area contributed by atoms with Crippen LogP contribution >= 0.6 is 0 Å². The number of nitrogens with two attached hydrogens (primary N) is 4. The zero-order valence-corrected chi connectivity index (χ0v) is 25.6. The Morgan fingerprint density at radius 3 is 2.00 bits per heavy atom. The van der Waals surface area contributed by atoms with E-state index in [0.717, 1.165) is 0 Å². The minimum Gasteiger partial charge on any atom is -0.508 e. The molecular weight excluding hydrogens is 600 g/mol. The van der Waals surface area contributed by atoms with Crippen LogP contribution in [-0.4, -0.2) is 95.3 Å². The minimum absolute atomic E-state index is 0.0985. The lowest BCUT2D eigenvalue weighted by atomic mass is 9.96. The number of nitrogens with one attached hydrogen (secondary N) is 4. The predicted octanol–water partition coefficient (Wildman–Crippen LogP) is -2.92. The van der Waals surface area contributed by atoms with Crippen LogP contribution in [0.2, 0.25) is 0 Å². The van der Waals surface area contributed by atoms with E-state index in [2.05, 4.69) is 21.3 Å². The van der Waals surface area contributed by atoms with E-state index >= 15 is 0 Å². The third-order valence-corrected chi connectivity index (χ3v) is 7.06. The summed E-state index contributed by atoms with van der Waals surface area (Å²) in [6.45, 7) is 1.24. The maximum Gasteiger partial charge on any atom is 0.243 e. The smallest absolute Gasteiger partial charge is 0.243 e. The summed E-state index contributed by atoms with van der Waals surface area (Å²) in [6.07, 6.45) is -1.41. The van der Waals surface area contributed by atoms with Gasteiger partial charge in [0.05, 0.1) is 19.1 Å². The summed E-state index contributed by atoms with van der Waals surface area (Å²) in [7, 11) is 0. The third kappa shape index (κ3) is 11.6. The molecule has 0 aliphatic heterocycles. The fourth-order valence-corrected chi connectivity index (χ4v) is 4.38. The number of carbonyl (C=O) groups is 5. The van der Waals surface area contributed by atoms with Crippen LogP contribution in [0.25, 0.3) is 11.1 Å². The SMILES string of the molecule is Cc1cc(-c2ccc(O)c(CC(NC(=O)[C@H](CCCN)NC(=O)CN)C(=O)N[C@@H](CC(=O)NCC(O)CN)C(N)=O)c2)ccc1O. The molecule has 46 heavy (non-hydrogen) atoms. The van der Waals surface area contributed by atoms with E-state index < -0.39 is 66.7 Å². The van der Waals surface area contributed by atoms with Crippen molar-refractivity contribution in [1.29, 1.82) is 0 Å². The standard InChI is InChI=1S/C30H44N8O8/c1-16-9-17(4-6-24(16)40)18-5-7-25(41)19(10-18)11-23(38-29(45)21(3-2-8-31)36-27(43)14-33)30(46)37-22(28(34)44)12-26(42)35-15-20(39)13-32/h4-7,9-10,20-23,39-41H,2-3,8,11-15,31-33H2,1H3,(H2,34,44)(H,35,42)(H,36,43)(H,37,46)(H,38,45)/t20?,21-,22-,23?/m0/s1. The molecule has 4 atom stereocenters. The number of hydrogen-bond acceptors (Lipinski definition) is 11. The summed E-state index contributed by atoms with van der Waals surface area (Å²) in [6, 6.07) is 5.49. The Morgan fingerprint density at radius 2 is 1.41 bits per heavy atom. The van der Waals surface area contributed by atoms with Crippen LogP contribution < -0.4 is 44.2 Å². The summed E-state index contributed by atoms with van der Waals surface area (Å²) in [5.74, 6) is -4.15. The van der Waals surface area contributed by atoms with Crippen molar-refractivity contribution in [2.24, 2.45) is 22.9 Å². The van der Waals surface area contributed by atoms with E-state index in [-0.39, 0.29) is 49.5 Å². The van der Waals surface area contributed by atoms with Gasteiger partial charge in [0.25, 0.3) is 0 Å². The number of amides is 5. The van der Waals surface area contributed by atoms with Crippen LogP contribution in [0.15, 0.2) is 36.4 Å². The summed E-state index contributed by atoms with van der Waals surface area (Å²) in [5, 5.41) is 40.0. The van der Waals surface area contributed by atoms with Gasteiger partial charge in [-0.3, -0.25) is 24.0 Å². The number of phenolic OH excluding ortho intramolecular Hbond substituents is 2. The van der Waals surface area contributed by atoms with Gasteiger partial charge in [0.2, 0.25) is 29.5 Å². The fourth-order valence-electron chi connectivity index (χ4n) is 4.38. The van der Waals surface area contributed by atoms with Crippen molar-refractivity contribution in [1.82, 2.24) is 21.3 Å². The van der Waals surface area contributed by atoms with Gasteiger partial charge in [0, 0.05) is 19.5 Å². The molecule has 0 aliphatic rings. The molecule has 2 unspecified atom stereocenters. The first-order chi connectivity index (χ1) is 21.8. The number of carbonyl (C=O) groups excluding carboxylic acids is 5. The lowest BCUT2D eigenvalue weighted by molar-refractivity contribution is -0.134. The van der Waals surface area contributed by atoms with Crippen molar-refractivity contribution >= 4 is 29.5 Å². The first-order valence-corrected chi connectivity index (χ1v) is 14.7. The van der Waals surface area contributed by atoms with E-state index in [4.69, 9.17) is 22.9 Å². The molecule has 0 radical (unpaired) electrons. The van der Waals surface area contributed by atoms with Gasteiger partial charge in [0.15, 0.2) is 0 Å². The molecule has 0 aliphatic carbocycles. The number of aryl methyl sites for hydroxylation is 1. The summed E-state index contributed by atoms with van der Waals surface area (Å²) < 4.78 is 0. The Kier molecular flexibility index (Phi) is 14.9. The minimum atomic E-state index is -1.51. The zero-order chi connectivity index (χ0) is 34.4. The number of aliphatic hydroxyl groups excluding tert-OH is 1. The molecule has 2 aromatic rings. The molecule has 0 saturated carbocycles. The Bertz CT molecular complexity index is 1390. The summed E-state index contributed by atoms with van der Waals surface area (Å²) in [5.41, 5.74) is 23.9. The highest BCUT2D eigenvalue weighted by atomic mass is 16.3. The molecule has 0 aromatic heterocycles. The Morgan fingerprint density at radius 1 is 0.804 bits per heavy atom. The van der Waals surface area contributed by atoms with E-state index in [0.29, 0.717) is 23.1 Å². The van der Waals surface area contributed by atoms with Crippen molar-refractivity contribution in [2.45, 2.75) is 56.8 Å². The number of phenols is 2. The van der Waals surface area contributed by atoms with Crippen LogP contribution in [0, 0.1) is 6.92 Å². The van der Waals surface area contributed by atoms with Crippen molar-refractivity contribution in [3.8, 4) is 22.6 Å². The molecule has 5 amide bonds. The van der Waals surface area contributed by atoms with Gasteiger partial charge in [-0.25, -0.2) is 0 Å². The van der Waals surface area contributed by atoms with Gasteiger partial charge in [-0.05, 0) is 72.8 Å². The average molecular weight is 645 g/mol. The second-order valence-electron chi connectivity index (χ2n) is 10.7. The molecular formula is C30H44N8O8. The van der Waals surface area contributed by atoms with Crippen LogP contribution in [0.3, 0.4) is 0 Å². The predicted molar refractivity (Wildman–Crippen MR) is 169 cm³/mol. The average Bonchev–Trinajstić information content (AvgIpc) is 3.02. The first kappa shape index (κ1) is 37.4. The molecule has 16 nitrogen and oxygen atoms in total. The third-order valence-electron chi connectivity index (χ3n) is 7.06. The molecule has 0 saturated heterocycles. The van der Waals surface area contributed by atoms with Gasteiger partial charge in [0.1, 0.15) is 29.6 Å². The molecule has 2 rings (SSSR count). The van der Waals surface area contributed by atoms with Crippen molar-refractivity contribution in [2.75, 3.05) is 26.2 Å². The van der Waals surface area contributed by atoms with E-state index in [9.17, 15) is 39.3 Å². The topological polar surface area (TPSA) is 298 Å². The molecule has 0 bridgehead atoms. The van der Waals surface area contributed by atoms with Gasteiger partial charge in [-0.15, -0.1) is 0 Å². The van der Waals surface area contributed by atoms with Crippen LogP contribution in [-0.2, 0) is 30.4 Å². The Labute approximate surface area is 266 Å². The number of aromatic hydroxyl groups is 2. The Hall–Kier alpha value is -4.77. The number of rotatable bonds is 18. The number of benzene rings is 2.